The van der Waals surface area contributed by atoms with Crippen LogP contribution in [0.5, 0.6) is 0 Å². The van der Waals surface area contributed by atoms with Gasteiger partial charge in [-0.1, -0.05) is 56.3 Å². The molecule has 19 heteroatoms. The lowest BCUT2D eigenvalue weighted by Crippen LogP contribution is -2.49. The third-order valence-corrected chi connectivity index (χ3v) is 12.4. The van der Waals surface area contributed by atoms with E-state index >= 15 is 0 Å². The van der Waals surface area contributed by atoms with Gasteiger partial charge in [0.2, 0.25) is 11.8 Å². The number of thiazole rings is 1. The largest absolute Gasteiger partial charge is 0.481 e. The first-order valence-corrected chi connectivity index (χ1v) is 21.6. The number of alkyl carbamates (subject to hydrolysis) is 1. The third kappa shape index (κ3) is 13.1. The number of ketones is 2. The molecule has 1 aromatic heterocycles. The number of nitrogens with one attached hydrogen (secondary N) is 3. The predicted octanol–water partition coefficient (Wildman–Crippen LogP) is 5.67. The molecule has 1 aliphatic heterocycles. The van der Waals surface area contributed by atoms with Crippen LogP contribution in [-0.2, 0) is 44.9 Å². The first-order chi connectivity index (χ1) is 29.5. The number of hydrogen-bond donors (Lipinski definition) is 6. The standard InChI is InChI=1S/C43H47N5O12S2/c1-22(2)37(48-39(57)26(10-14-34(51)52)16-32(49)31(19-36(55)56)47-43(59)60-20-24-7-5-4-6-8-24)33(50)17-27(18-35(53)54)40(58)45-28-11-12-29-25(15-28)9-13-30-38(29)62-42(46-30)41-44-23(3)21-61-41/h4-9,11-13,15,22-23,26-27,31,37H,10,14,16-21H2,1-3H3,(H,45,58)(H,47,59)(H,48,57)(H,51,52)(H,53,54)(H,55,56). The second-order valence-corrected chi connectivity index (χ2v) is 17.3. The number of carbonyl (C=O) groups excluding carboxylic acids is 5. The molecule has 5 atom stereocenters. The number of rotatable bonds is 22. The summed E-state index contributed by atoms with van der Waals surface area (Å²) in [5.74, 6) is -9.78. The number of carbonyl (C=O) groups is 8. The number of benzene rings is 3. The van der Waals surface area contributed by atoms with E-state index in [-0.39, 0.29) is 19.1 Å². The summed E-state index contributed by atoms with van der Waals surface area (Å²) in [4.78, 5) is 112. The van der Waals surface area contributed by atoms with Crippen molar-refractivity contribution in [2.24, 2.45) is 22.7 Å². The van der Waals surface area contributed by atoms with E-state index in [1.54, 1.807) is 68.1 Å². The highest BCUT2D eigenvalue weighted by Crippen LogP contribution is 2.35. The van der Waals surface area contributed by atoms with Gasteiger partial charge in [-0.3, -0.25) is 38.6 Å². The van der Waals surface area contributed by atoms with Crippen LogP contribution in [0.25, 0.3) is 21.0 Å². The zero-order valence-electron chi connectivity index (χ0n) is 34.1. The third-order valence-electron chi connectivity index (χ3n) is 9.97. The van der Waals surface area contributed by atoms with Crippen molar-refractivity contribution in [2.75, 3.05) is 11.1 Å². The molecular weight excluding hydrogens is 843 g/mol. The van der Waals surface area contributed by atoms with Crippen LogP contribution in [0.4, 0.5) is 10.5 Å². The van der Waals surface area contributed by atoms with Crippen molar-refractivity contribution < 1.29 is 58.4 Å². The smallest absolute Gasteiger partial charge is 0.408 e. The number of ether oxygens (including phenoxy) is 1. The van der Waals surface area contributed by atoms with Crippen LogP contribution in [-0.4, -0.2) is 96.6 Å². The Bertz CT molecular complexity index is 2380. The summed E-state index contributed by atoms with van der Waals surface area (Å²) >= 11 is 3.18. The number of fused-ring (bicyclic) bond motifs is 3. The Morgan fingerprint density at radius 1 is 0.806 bits per heavy atom. The number of carboxylic acids is 3. The van der Waals surface area contributed by atoms with Crippen molar-refractivity contribution in [1.82, 2.24) is 15.6 Å². The summed E-state index contributed by atoms with van der Waals surface area (Å²) in [5, 5.41) is 39.5. The highest BCUT2D eigenvalue weighted by Gasteiger charge is 2.35. The normalized spacial score (nSPS) is 15.5. The molecule has 0 saturated heterocycles. The highest BCUT2D eigenvalue weighted by molar-refractivity contribution is 8.15. The minimum atomic E-state index is -1.64. The van der Waals surface area contributed by atoms with Gasteiger partial charge in [0.25, 0.3) is 0 Å². The fourth-order valence-corrected chi connectivity index (χ4v) is 8.97. The van der Waals surface area contributed by atoms with Gasteiger partial charge >= 0.3 is 24.0 Å². The number of aromatic nitrogens is 1. The van der Waals surface area contributed by atoms with Gasteiger partial charge < -0.3 is 36.0 Å². The Labute approximate surface area is 364 Å². The van der Waals surface area contributed by atoms with Crippen molar-refractivity contribution >= 4 is 102 Å². The molecule has 17 nitrogen and oxygen atoms in total. The number of aliphatic carboxylic acids is 3. The van der Waals surface area contributed by atoms with Gasteiger partial charge in [-0.2, -0.15) is 0 Å². The second-order valence-electron chi connectivity index (χ2n) is 15.3. The van der Waals surface area contributed by atoms with Crippen molar-refractivity contribution in [3.63, 3.8) is 0 Å². The molecule has 0 bridgehead atoms. The van der Waals surface area contributed by atoms with Gasteiger partial charge in [-0.15, -0.1) is 23.1 Å². The van der Waals surface area contributed by atoms with E-state index in [1.165, 1.54) is 11.3 Å². The van der Waals surface area contributed by atoms with Crippen molar-refractivity contribution in [3.05, 3.63) is 71.2 Å². The number of nitrogens with zero attached hydrogens (tertiary/aromatic N) is 2. The Kier molecular flexibility index (Phi) is 16.3. The molecule has 1 aliphatic rings. The van der Waals surface area contributed by atoms with Gasteiger partial charge in [-0.05, 0) is 48.4 Å². The summed E-state index contributed by atoms with van der Waals surface area (Å²) in [7, 11) is 0. The van der Waals surface area contributed by atoms with Crippen LogP contribution in [0.15, 0.2) is 65.7 Å². The topological polar surface area (TPSA) is 268 Å². The summed E-state index contributed by atoms with van der Waals surface area (Å²) in [5.41, 5.74) is 1.79. The Balaban J connectivity index is 1.26. The molecule has 0 radical (unpaired) electrons. The van der Waals surface area contributed by atoms with Crippen molar-refractivity contribution in [2.45, 2.75) is 84.0 Å². The zero-order valence-corrected chi connectivity index (χ0v) is 35.8. The van der Waals surface area contributed by atoms with E-state index in [2.05, 4.69) is 20.9 Å². The lowest BCUT2D eigenvalue weighted by atomic mass is 9.88. The number of hydrogen-bond acceptors (Lipinski definition) is 13. The molecule has 3 amide bonds. The van der Waals surface area contributed by atoms with Gasteiger partial charge in [0.1, 0.15) is 22.7 Å². The number of thioether (sulfide) groups is 1. The summed E-state index contributed by atoms with van der Waals surface area (Å²) in [6.07, 6.45) is -4.91. The van der Waals surface area contributed by atoms with E-state index in [0.717, 1.165) is 36.8 Å². The fraction of sp³-hybridized carbons (Fsp3) is 0.395. The van der Waals surface area contributed by atoms with Gasteiger partial charge in [0.15, 0.2) is 11.6 Å². The Hall–Kier alpha value is -6.21. The fourth-order valence-electron chi connectivity index (χ4n) is 6.78. The second kappa shape index (κ2) is 21.5. The molecule has 328 valence electrons. The summed E-state index contributed by atoms with van der Waals surface area (Å²) in [6, 6.07) is 14.8. The van der Waals surface area contributed by atoms with E-state index in [9.17, 15) is 53.7 Å². The quantitative estimate of drug-likeness (QED) is 0.0555. The van der Waals surface area contributed by atoms with Crippen molar-refractivity contribution in [1.29, 1.82) is 0 Å². The molecule has 5 unspecified atom stereocenters. The SMILES string of the molecule is CC1CSC(c2nc3ccc4cc(NC(=O)C(CC(=O)O)CC(=O)C(NC(=O)C(CCC(=O)O)CC(=O)C(CC(=O)O)NC(=O)OCc5ccccc5)C(C)C)ccc4c3s2)=N1. The molecule has 6 N–H and O–H groups in total. The first kappa shape index (κ1) is 46.8. The van der Waals surface area contributed by atoms with Crippen LogP contribution in [0.3, 0.4) is 0 Å². The number of amides is 3. The maximum Gasteiger partial charge on any atom is 0.408 e. The zero-order chi connectivity index (χ0) is 45.1. The molecule has 62 heavy (non-hydrogen) atoms. The van der Waals surface area contributed by atoms with Crippen LogP contribution in [0, 0.1) is 17.8 Å². The van der Waals surface area contributed by atoms with Gasteiger partial charge in [-0.25, -0.2) is 9.78 Å². The average Bonchev–Trinajstić information content (AvgIpc) is 3.86. The van der Waals surface area contributed by atoms with Crippen LogP contribution in [0.2, 0.25) is 0 Å². The maximum absolute atomic E-state index is 13.8. The first-order valence-electron chi connectivity index (χ1n) is 19.8. The van der Waals surface area contributed by atoms with Gasteiger partial charge in [0.05, 0.1) is 41.1 Å². The molecule has 0 spiro atoms. The molecule has 3 aromatic carbocycles. The molecule has 0 fully saturated rings. The minimum Gasteiger partial charge on any atom is -0.481 e. The van der Waals surface area contributed by atoms with E-state index in [4.69, 9.17) is 9.72 Å². The molecule has 5 rings (SSSR count). The minimum absolute atomic E-state index is 0.179. The van der Waals surface area contributed by atoms with Gasteiger partial charge in [0, 0.05) is 42.0 Å². The average molecular weight is 890 g/mol. The van der Waals surface area contributed by atoms with Crippen LogP contribution >= 0.6 is 23.1 Å². The van der Waals surface area contributed by atoms with E-state index in [0.29, 0.717) is 11.3 Å². The van der Waals surface area contributed by atoms with Crippen LogP contribution in [0.1, 0.15) is 69.9 Å². The van der Waals surface area contributed by atoms with E-state index < -0.39 is 109 Å². The number of aliphatic imine (C=N–C) groups is 1. The predicted molar refractivity (Wildman–Crippen MR) is 232 cm³/mol. The number of Topliss-reactive ketones (excluding diaryl/α,β-unsaturated/α-hetero) is 2. The van der Waals surface area contributed by atoms with E-state index in [1.807, 2.05) is 25.1 Å². The molecule has 0 saturated carbocycles. The monoisotopic (exact) mass is 889 g/mol. The lowest BCUT2D eigenvalue weighted by Gasteiger charge is -2.26. The van der Waals surface area contributed by atoms with Crippen molar-refractivity contribution in [3.8, 4) is 0 Å². The molecular formula is C43H47N5O12S2. The summed E-state index contributed by atoms with van der Waals surface area (Å²) in [6.45, 7) is 5.06. The molecule has 4 aromatic rings. The Morgan fingerprint density at radius 3 is 2.16 bits per heavy atom. The number of carboxylic acid groups (broad SMARTS) is 3. The number of anilines is 1. The Morgan fingerprint density at radius 2 is 1.52 bits per heavy atom. The maximum atomic E-state index is 13.8. The molecule has 2 heterocycles. The highest BCUT2D eigenvalue weighted by atomic mass is 32.2. The summed E-state index contributed by atoms with van der Waals surface area (Å²) < 4.78 is 6.07. The van der Waals surface area contributed by atoms with Crippen LogP contribution < -0.4 is 16.0 Å². The lowest BCUT2D eigenvalue weighted by molar-refractivity contribution is -0.142. The molecule has 0 aliphatic carbocycles.